The lowest BCUT2D eigenvalue weighted by Crippen LogP contribution is -2.41. The zero-order valence-corrected chi connectivity index (χ0v) is 15.3. The van der Waals surface area contributed by atoms with E-state index in [4.69, 9.17) is 4.74 Å². The van der Waals surface area contributed by atoms with Gasteiger partial charge in [-0.1, -0.05) is 6.92 Å². The Bertz CT molecular complexity index is 763. The minimum atomic E-state index is -4.07. The smallest absolute Gasteiger partial charge is 0.251 e. The molecule has 1 fully saturated rings. The fourth-order valence-corrected chi connectivity index (χ4v) is 3.86. The van der Waals surface area contributed by atoms with Crippen molar-refractivity contribution in [1.82, 2.24) is 14.9 Å². The maximum absolute atomic E-state index is 14.1. The molecule has 8 nitrogen and oxygen atoms in total. The van der Waals surface area contributed by atoms with Gasteiger partial charge in [0.2, 0.25) is 15.9 Å². The molecule has 0 radical (unpaired) electrons. The lowest BCUT2D eigenvalue weighted by Gasteiger charge is -2.26. The van der Waals surface area contributed by atoms with Crippen molar-refractivity contribution in [3.63, 3.8) is 0 Å². The number of sulfonamides is 1. The summed E-state index contributed by atoms with van der Waals surface area (Å²) in [6.07, 6.45) is 0.764. The van der Waals surface area contributed by atoms with Gasteiger partial charge in [-0.15, -0.1) is 0 Å². The van der Waals surface area contributed by atoms with Gasteiger partial charge in [0.25, 0.3) is 5.91 Å². The maximum Gasteiger partial charge on any atom is 0.251 e. The topological polar surface area (TPSA) is 105 Å². The first kappa shape index (κ1) is 20.3. The zero-order chi connectivity index (χ0) is 19.2. The quantitative estimate of drug-likeness (QED) is 0.691. The molecule has 1 aliphatic rings. The predicted octanol–water partition coefficient (Wildman–Crippen LogP) is 0.103. The van der Waals surface area contributed by atoms with Crippen molar-refractivity contribution in [2.75, 3.05) is 39.4 Å². The summed E-state index contributed by atoms with van der Waals surface area (Å²) in [5.74, 6) is -1.95. The third-order valence-electron chi connectivity index (χ3n) is 3.76. The maximum atomic E-state index is 14.1. The Balaban J connectivity index is 2.13. The number of ether oxygens (including phenoxy) is 1. The standard InChI is InChI=1S/C16H22FN3O5S/c1-2-5-18-15(21)11-19-16(22)12-3-4-13(17)14(10-12)26(23,24)20-6-8-25-9-7-20/h3-4,10H,2,5-9,11H2,1H3,(H,18,21)(H,19,22). The van der Waals surface area contributed by atoms with Crippen molar-refractivity contribution in [2.24, 2.45) is 0 Å². The van der Waals surface area contributed by atoms with Gasteiger partial charge in [-0.2, -0.15) is 4.31 Å². The van der Waals surface area contributed by atoms with Crippen LogP contribution in [-0.4, -0.2) is 63.9 Å². The molecule has 144 valence electrons. The summed E-state index contributed by atoms with van der Waals surface area (Å²) in [6, 6.07) is 3.09. The number of carbonyl (C=O) groups excluding carboxylic acids is 2. The molecule has 0 aliphatic carbocycles. The van der Waals surface area contributed by atoms with Gasteiger partial charge in [0.15, 0.2) is 0 Å². The van der Waals surface area contributed by atoms with Gasteiger partial charge in [0.1, 0.15) is 10.7 Å². The van der Waals surface area contributed by atoms with Gasteiger partial charge in [-0.3, -0.25) is 9.59 Å². The average Bonchev–Trinajstić information content (AvgIpc) is 2.65. The fourth-order valence-electron chi connectivity index (χ4n) is 2.36. The van der Waals surface area contributed by atoms with E-state index in [1.807, 2.05) is 6.92 Å². The number of halogens is 1. The second-order valence-electron chi connectivity index (χ2n) is 5.69. The van der Waals surface area contributed by atoms with Crippen LogP contribution in [0.3, 0.4) is 0 Å². The number of rotatable bonds is 7. The van der Waals surface area contributed by atoms with E-state index >= 15 is 0 Å². The monoisotopic (exact) mass is 387 g/mol. The molecule has 0 atom stereocenters. The molecule has 0 saturated carbocycles. The molecular formula is C16H22FN3O5S. The van der Waals surface area contributed by atoms with Crippen molar-refractivity contribution in [3.8, 4) is 0 Å². The second kappa shape index (κ2) is 9.06. The average molecular weight is 387 g/mol. The van der Waals surface area contributed by atoms with Crippen LogP contribution in [0.5, 0.6) is 0 Å². The van der Waals surface area contributed by atoms with Crippen molar-refractivity contribution in [3.05, 3.63) is 29.6 Å². The zero-order valence-electron chi connectivity index (χ0n) is 14.5. The van der Waals surface area contributed by atoms with Crippen LogP contribution >= 0.6 is 0 Å². The molecule has 0 unspecified atom stereocenters. The van der Waals surface area contributed by atoms with E-state index in [-0.39, 0.29) is 44.3 Å². The van der Waals surface area contributed by atoms with Crippen molar-refractivity contribution in [2.45, 2.75) is 18.2 Å². The fraction of sp³-hybridized carbons (Fsp3) is 0.500. The van der Waals surface area contributed by atoms with Crippen LogP contribution in [-0.2, 0) is 19.6 Å². The number of nitrogens with one attached hydrogen (secondary N) is 2. The van der Waals surface area contributed by atoms with E-state index < -0.39 is 26.6 Å². The van der Waals surface area contributed by atoms with Gasteiger partial charge in [0, 0.05) is 25.2 Å². The Labute approximate surface area is 151 Å². The molecule has 2 N–H and O–H groups in total. The second-order valence-corrected chi connectivity index (χ2v) is 7.60. The van der Waals surface area contributed by atoms with Crippen LogP contribution in [0.4, 0.5) is 4.39 Å². The van der Waals surface area contributed by atoms with Crippen molar-refractivity contribution < 1.29 is 27.1 Å². The molecule has 0 aromatic heterocycles. The molecular weight excluding hydrogens is 365 g/mol. The Hall–Kier alpha value is -2.04. The molecule has 2 rings (SSSR count). The molecule has 1 aromatic rings. The first-order valence-corrected chi connectivity index (χ1v) is 9.72. The minimum Gasteiger partial charge on any atom is -0.379 e. The largest absolute Gasteiger partial charge is 0.379 e. The molecule has 1 aliphatic heterocycles. The summed E-state index contributed by atoms with van der Waals surface area (Å²) in [5, 5.41) is 4.98. The molecule has 26 heavy (non-hydrogen) atoms. The third-order valence-corrected chi connectivity index (χ3v) is 5.68. The Morgan fingerprint density at radius 2 is 1.92 bits per heavy atom. The van der Waals surface area contributed by atoms with Gasteiger partial charge in [0.05, 0.1) is 19.8 Å². The van der Waals surface area contributed by atoms with E-state index in [0.717, 1.165) is 22.9 Å². The van der Waals surface area contributed by atoms with Crippen LogP contribution in [0, 0.1) is 5.82 Å². The summed E-state index contributed by atoms with van der Waals surface area (Å²) in [6.45, 7) is 2.84. The highest BCUT2D eigenvalue weighted by Crippen LogP contribution is 2.21. The number of carbonyl (C=O) groups is 2. The number of morpholine rings is 1. The summed E-state index contributed by atoms with van der Waals surface area (Å²) in [4.78, 5) is 23.1. The Kier molecular flexibility index (Phi) is 7.06. The molecule has 10 heteroatoms. The summed E-state index contributed by atoms with van der Waals surface area (Å²) in [7, 11) is -4.07. The molecule has 0 bridgehead atoms. The van der Waals surface area contributed by atoms with E-state index in [2.05, 4.69) is 10.6 Å². The van der Waals surface area contributed by atoms with Crippen molar-refractivity contribution >= 4 is 21.8 Å². The van der Waals surface area contributed by atoms with E-state index in [1.165, 1.54) is 6.07 Å². The van der Waals surface area contributed by atoms with Crippen LogP contribution in [0.15, 0.2) is 23.1 Å². The van der Waals surface area contributed by atoms with E-state index in [9.17, 15) is 22.4 Å². The number of hydrogen-bond donors (Lipinski definition) is 2. The SMILES string of the molecule is CCCNC(=O)CNC(=O)c1ccc(F)c(S(=O)(=O)N2CCOCC2)c1. The molecule has 2 amide bonds. The highest BCUT2D eigenvalue weighted by Gasteiger charge is 2.29. The first-order valence-electron chi connectivity index (χ1n) is 8.28. The van der Waals surface area contributed by atoms with Gasteiger partial charge >= 0.3 is 0 Å². The van der Waals surface area contributed by atoms with E-state index in [0.29, 0.717) is 6.54 Å². The van der Waals surface area contributed by atoms with Gasteiger partial charge < -0.3 is 15.4 Å². The van der Waals surface area contributed by atoms with Crippen LogP contribution in [0.1, 0.15) is 23.7 Å². The number of nitrogens with zero attached hydrogens (tertiary/aromatic N) is 1. The number of hydrogen-bond acceptors (Lipinski definition) is 5. The highest BCUT2D eigenvalue weighted by molar-refractivity contribution is 7.89. The predicted molar refractivity (Wildman–Crippen MR) is 91.6 cm³/mol. The van der Waals surface area contributed by atoms with Gasteiger partial charge in [-0.25, -0.2) is 12.8 Å². The van der Waals surface area contributed by atoms with E-state index in [1.54, 1.807) is 0 Å². The van der Waals surface area contributed by atoms with Crippen LogP contribution < -0.4 is 10.6 Å². The lowest BCUT2D eigenvalue weighted by atomic mass is 10.2. The molecule has 0 spiro atoms. The highest BCUT2D eigenvalue weighted by atomic mass is 32.2. The van der Waals surface area contributed by atoms with Crippen LogP contribution in [0.2, 0.25) is 0 Å². The number of benzene rings is 1. The Morgan fingerprint density at radius 1 is 1.23 bits per heavy atom. The first-order chi connectivity index (χ1) is 12.4. The molecule has 1 saturated heterocycles. The third kappa shape index (κ3) is 4.99. The molecule has 1 heterocycles. The van der Waals surface area contributed by atoms with Crippen molar-refractivity contribution in [1.29, 1.82) is 0 Å². The minimum absolute atomic E-state index is 0.0403. The summed E-state index contributed by atoms with van der Waals surface area (Å²) < 4.78 is 45.5. The number of amides is 2. The normalized spacial score (nSPS) is 15.5. The van der Waals surface area contributed by atoms with Gasteiger partial charge in [-0.05, 0) is 24.6 Å². The summed E-state index contributed by atoms with van der Waals surface area (Å²) >= 11 is 0. The summed E-state index contributed by atoms with van der Waals surface area (Å²) in [5.41, 5.74) is -0.0403. The lowest BCUT2D eigenvalue weighted by molar-refractivity contribution is -0.120. The van der Waals surface area contributed by atoms with Crippen LogP contribution in [0.25, 0.3) is 0 Å². The Morgan fingerprint density at radius 3 is 2.58 bits per heavy atom. The molecule has 1 aromatic carbocycles.